The molecule has 3 rings (SSSR count). The zero-order chi connectivity index (χ0) is 15.5. The smallest absolute Gasteiger partial charge is 0.0408 e. The Bertz CT molecular complexity index is 491. The van der Waals surface area contributed by atoms with Crippen LogP contribution in [-0.2, 0) is 0 Å². The van der Waals surface area contributed by atoms with Crippen LogP contribution < -0.4 is 5.73 Å². The highest BCUT2D eigenvalue weighted by molar-refractivity contribution is 6.30. The molecule has 0 aromatic heterocycles. The second kappa shape index (κ2) is 10.2. The van der Waals surface area contributed by atoms with Crippen molar-refractivity contribution < 1.29 is 0 Å². The number of halogens is 3. The minimum absolute atomic E-state index is 0. The van der Waals surface area contributed by atoms with E-state index in [0.29, 0.717) is 18.0 Å². The largest absolute Gasteiger partial charge is 0.328 e. The van der Waals surface area contributed by atoms with Gasteiger partial charge >= 0.3 is 0 Å². The Hall–Kier alpha value is 0.01000. The predicted molar refractivity (Wildman–Crippen MR) is 109 cm³/mol. The van der Waals surface area contributed by atoms with E-state index in [1.54, 1.807) is 0 Å². The van der Waals surface area contributed by atoms with E-state index in [0.717, 1.165) is 30.3 Å². The summed E-state index contributed by atoms with van der Waals surface area (Å²) < 4.78 is 0. The van der Waals surface area contributed by atoms with Gasteiger partial charge in [-0.3, -0.25) is 4.90 Å². The summed E-state index contributed by atoms with van der Waals surface area (Å²) in [6, 6.07) is 9.54. The van der Waals surface area contributed by atoms with Crippen LogP contribution in [0.2, 0.25) is 5.02 Å². The maximum Gasteiger partial charge on any atom is 0.0408 e. The van der Waals surface area contributed by atoms with Gasteiger partial charge in [-0.05, 0) is 68.7 Å². The number of piperidine rings is 1. The van der Waals surface area contributed by atoms with Crippen molar-refractivity contribution in [3.63, 3.8) is 0 Å². The summed E-state index contributed by atoms with van der Waals surface area (Å²) in [5.74, 6) is 1.44. The minimum Gasteiger partial charge on any atom is -0.328 e. The van der Waals surface area contributed by atoms with E-state index < -0.39 is 0 Å². The molecule has 2 aliphatic rings. The Morgan fingerprint density at radius 1 is 1.21 bits per heavy atom. The van der Waals surface area contributed by atoms with E-state index in [2.05, 4.69) is 30.0 Å². The number of likely N-dealkylation sites (tertiary alicyclic amines) is 1. The van der Waals surface area contributed by atoms with Gasteiger partial charge in [-0.1, -0.05) is 36.6 Å². The van der Waals surface area contributed by atoms with E-state index in [-0.39, 0.29) is 24.8 Å². The van der Waals surface area contributed by atoms with Gasteiger partial charge in [0.1, 0.15) is 0 Å². The first-order valence-electron chi connectivity index (χ1n) is 8.88. The molecule has 0 amide bonds. The molecule has 138 valence electrons. The first-order chi connectivity index (χ1) is 10.6. The molecule has 3 atom stereocenters. The van der Waals surface area contributed by atoms with Crippen molar-refractivity contribution in [3.8, 4) is 0 Å². The van der Waals surface area contributed by atoms with Crippen molar-refractivity contribution in [2.45, 2.75) is 63.5 Å². The Labute approximate surface area is 164 Å². The molecule has 1 saturated carbocycles. The summed E-state index contributed by atoms with van der Waals surface area (Å²) in [6.07, 6.45) is 7.80. The van der Waals surface area contributed by atoms with Gasteiger partial charge in [0.15, 0.2) is 0 Å². The van der Waals surface area contributed by atoms with Gasteiger partial charge in [-0.15, -0.1) is 24.8 Å². The Morgan fingerprint density at radius 3 is 2.54 bits per heavy atom. The average Bonchev–Trinajstić information content (AvgIpc) is 3.00. The lowest BCUT2D eigenvalue weighted by molar-refractivity contribution is 0.128. The van der Waals surface area contributed by atoms with Gasteiger partial charge in [-0.2, -0.15) is 0 Å². The van der Waals surface area contributed by atoms with Crippen LogP contribution in [0, 0.1) is 5.92 Å². The minimum atomic E-state index is 0. The highest BCUT2D eigenvalue weighted by Gasteiger charge is 2.31. The molecule has 3 unspecified atom stereocenters. The van der Waals surface area contributed by atoms with E-state index in [1.165, 1.54) is 37.8 Å². The molecular formula is C19H31Cl3N2. The average molecular weight is 394 g/mol. The molecule has 5 heteroatoms. The number of nitrogens with zero attached hydrogens (tertiary/aromatic N) is 1. The van der Waals surface area contributed by atoms with Crippen molar-refractivity contribution in [1.82, 2.24) is 4.90 Å². The molecule has 2 fully saturated rings. The number of nitrogens with two attached hydrogens (primary N) is 1. The molecule has 2 N–H and O–H groups in total. The third kappa shape index (κ3) is 5.51. The molecule has 1 aliphatic carbocycles. The summed E-state index contributed by atoms with van der Waals surface area (Å²) in [4.78, 5) is 2.66. The second-order valence-corrected chi connectivity index (χ2v) is 7.77. The number of hydrogen-bond donors (Lipinski definition) is 1. The van der Waals surface area contributed by atoms with Gasteiger partial charge in [0, 0.05) is 23.7 Å². The summed E-state index contributed by atoms with van der Waals surface area (Å²) in [5.41, 5.74) is 7.56. The zero-order valence-electron chi connectivity index (χ0n) is 14.5. The normalized spacial score (nSPS) is 26.5. The molecule has 1 saturated heterocycles. The Balaban J connectivity index is 0.00000144. The quantitative estimate of drug-likeness (QED) is 0.755. The molecule has 2 nitrogen and oxygen atoms in total. The van der Waals surface area contributed by atoms with E-state index in [1.807, 2.05) is 6.07 Å². The Morgan fingerprint density at radius 2 is 1.92 bits per heavy atom. The maximum absolute atomic E-state index is 6.26. The van der Waals surface area contributed by atoms with Crippen LogP contribution in [0.1, 0.15) is 56.9 Å². The summed E-state index contributed by atoms with van der Waals surface area (Å²) >= 11 is 6.26. The zero-order valence-corrected chi connectivity index (χ0v) is 16.9. The summed E-state index contributed by atoms with van der Waals surface area (Å²) in [6.45, 7) is 4.65. The van der Waals surface area contributed by atoms with Crippen LogP contribution in [0.5, 0.6) is 0 Å². The fourth-order valence-corrected chi connectivity index (χ4v) is 4.60. The Kier molecular flexibility index (Phi) is 9.40. The molecular weight excluding hydrogens is 363 g/mol. The third-order valence-corrected chi connectivity index (χ3v) is 5.97. The van der Waals surface area contributed by atoms with Crippen LogP contribution >= 0.6 is 36.4 Å². The first kappa shape index (κ1) is 22.1. The standard InChI is InChI=1S/C19H29ClN2.2ClH/c1-14-11-18(21)9-10-22(14)13-19(15-5-2-3-6-15)16-7-4-8-17(20)12-16;;/h4,7-8,12,14-15,18-19H,2-3,5-6,9-11,13,21H2,1H3;2*1H. The van der Waals surface area contributed by atoms with Crippen LogP contribution in [0.4, 0.5) is 0 Å². The highest BCUT2D eigenvalue weighted by Crippen LogP contribution is 2.39. The van der Waals surface area contributed by atoms with Gasteiger partial charge in [0.05, 0.1) is 0 Å². The predicted octanol–water partition coefficient (Wildman–Crippen LogP) is 5.27. The van der Waals surface area contributed by atoms with Gasteiger partial charge in [0.2, 0.25) is 0 Å². The van der Waals surface area contributed by atoms with Crippen LogP contribution in [0.25, 0.3) is 0 Å². The SMILES string of the molecule is CC1CC(N)CCN1CC(c1cccc(Cl)c1)C1CCCC1.Cl.Cl. The number of benzene rings is 1. The van der Waals surface area contributed by atoms with Crippen molar-refractivity contribution in [1.29, 1.82) is 0 Å². The second-order valence-electron chi connectivity index (χ2n) is 7.33. The third-order valence-electron chi connectivity index (χ3n) is 5.73. The molecule has 1 heterocycles. The molecule has 1 aromatic rings. The van der Waals surface area contributed by atoms with Crippen LogP contribution in [0.3, 0.4) is 0 Å². The van der Waals surface area contributed by atoms with Gasteiger partial charge in [0.25, 0.3) is 0 Å². The maximum atomic E-state index is 6.26. The number of rotatable bonds is 4. The fraction of sp³-hybridized carbons (Fsp3) is 0.684. The van der Waals surface area contributed by atoms with Gasteiger partial charge < -0.3 is 5.73 Å². The lowest BCUT2D eigenvalue weighted by Crippen LogP contribution is -2.47. The van der Waals surface area contributed by atoms with E-state index in [9.17, 15) is 0 Å². The topological polar surface area (TPSA) is 29.3 Å². The molecule has 0 radical (unpaired) electrons. The van der Waals surface area contributed by atoms with Crippen molar-refractivity contribution in [2.24, 2.45) is 11.7 Å². The molecule has 24 heavy (non-hydrogen) atoms. The number of hydrogen-bond acceptors (Lipinski definition) is 2. The first-order valence-corrected chi connectivity index (χ1v) is 9.26. The lowest BCUT2D eigenvalue weighted by atomic mass is 9.83. The molecule has 1 aromatic carbocycles. The molecule has 0 bridgehead atoms. The van der Waals surface area contributed by atoms with E-state index in [4.69, 9.17) is 17.3 Å². The van der Waals surface area contributed by atoms with Crippen molar-refractivity contribution in [2.75, 3.05) is 13.1 Å². The summed E-state index contributed by atoms with van der Waals surface area (Å²) in [7, 11) is 0. The lowest BCUT2D eigenvalue weighted by Gasteiger charge is -2.40. The van der Waals surface area contributed by atoms with Crippen molar-refractivity contribution in [3.05, 3.63) is 34.9 Å². The summed E-state index contributed by atoms with van der Waals surface area (Å²) in [5, 5.41) is 0.870. The van der Waals surface area contributed by atoms with Crippen LogP contribution in [0.15, 0.2) is 24.3 Å². The monoisotopic (exact) mass is 392 g/mol. The van der Waals surface area contributed by atoms with E-state index >= 15 is 0 Å². The van der Waals surface area contributed by atoms with Gasteiger partial charge in [-0.25, -0.2) is 0 Å². The van der Waals surface area contributed by atoms with Crippen molar-refractivity contribution >= 4 is 36.4 Å². The highest BCUT2D eigenvalue weighted by atomic mass is 35.5. The van der Waals surface area contributed by atoms with Crippen LogP contribution in [-0.4, -0.2) is 30.1 Å². The molecule has 1 aliphatic heterocycles. The molecule has 0 spiro atoms. The fourth-order valence-electron chi connectivity index (χ4n) is 4.40.